The maximum Gasteiger partial charge on any atom is 0.0484 e. The van der Waals surface area contributed by atoms with Crippen LogP contribution in [0.4, 0.5) is 0 Å². The third-order valence-electron chi connectivity index (χ3n) is 2.75. The van der Waals surface area contributed by atoms with Crippen molar-refractivity contribution in [3.63, 3.8) is 0 Å². The lowest BCUT2D eigenvalue weighted by Crippen LogP contribution is -1.95. The Morgan fingerprint density at radius 3 is 2.47 bits per heavy atom. The molecule has 0 bridgehead atoms. The zero-order chi connectivity index (χ0) is 12.4. The van der Waals surface area contributed by atoms with Crippen LogP contribution in [0.1, 0.15) is 31.2 Å². The Hall–Kier alpha value is -1.34. The Bertz CT molecular complexity index is 532. The zero-order valence-electron chi connectivity index (χ0n) is 10.4. The van der Waals surface area contributed by atoms with Crippen molar-refractivity contribution in [1.82, 2.24) is 4.98 Å². The summed E-state index contributed by atoms with van der Waals surface area (Å²) in [4.78, 5) is 4.55. The van der Waals surface area contributed by atoms with E-state index >= 15 is 0 Å². The van der Waals surface area contributed by atoms with Gasteiger partial charge in [-0.25, -0.2) is 0 Å². The second kappa shape index (κ2) is 4.89. The maximum atomic E-state index is 6.22. The largest absolute Gasteiger partial charge is 0.258 e. The molecule has 1 aromatic heterocycles. The van der Waals surface area contributed by atoms with E-state index in [-0.39, 0.29) is 0 Å². The molecule has 88 valence electrons. The zero-order valence-corrected chi connectivity index (χ0v) is 11.1. The molecule has 0 aliphatic heterocycles. The van der Waals surface area contributed by atoms with E-state index in [2.05, 4.69) is 31.0 Å². The lowest BCUT2D eigenvalue weighted by Gasteiger charge is -2.10. The van der Waals surface area contributed by atoms with E-state index in [9.17, 15) is 0 Å². The van der Waals surface area contributed by atoms with Crippen LogP contribution >= 0.6 is 11.6 Å². The highest BCUT2D eigenvalue weighted by Crippen LogP contribution is 2.29. The van der Waals surface area contributed by atoms with Gasteiger partial charge >= 0.3 is 0 Å². The van der Waals surface area contributed by atoms with E-state index in [1.807, 2.05) is 31.2 Å². The number of aryl methyl sites for hydroxylation is 1. The molecule has 0 saturated heterocycles. The molecular weight excluding hydrogens is 230 g/mol. The van der Waals surface area contributed by atoms with E-state index < -0.39 is 0 Å². The summed E-state index contributed by atoms with van der Waals surface area (Å²) in [6.07, 6.45) is 0. The smallest absolute Gasteiger partial charge is 0.0484 e. The molecule has 2 aromatic rings. The molecule has 0 aliphatic carbocycles. The van der Waals surface area contributed by atoms with Crippen molar-refractivity contribution in [2.45, 2.75) is 26.7 Å². The molecule has 1 heterocycles. The van der Waals surface area contributed by atoms with Crippen LogP contribution in [0, 0.1) is 6.92 Å². The summed E-state index contributed by atoms with van der Waals surface area (Å²) in [5.74, 6) is 0.427. The number of halogens is 1. The summed E-state index contributed by atoms with van der Waals surface area (Å²) >= 11 is 6.22. The molecule has 0 unspecified atom stereocenters. The third-order valence-corrected chi connectivity index (χ3v) is 3.08. The minimum atomic E-state index is 0.427. The molecule has 17 heavy (non-hydrogen) atoms. The van der Waals surface area contributed by atoms with Crippen LogP contribution in [0.2, 0.25) is 5.02 Å². The van der Waals surface area contributed by atoms with Crippen molar-refractivity contribution in [2.24, 2.45) is 0 Å². The van der Waals surface area contributed by atoms with Crippen molar-refractivity contribution < 1.29 is 0 Å². The third kappa shape index (κ3) is 2.67. The van der Waals surface area contributed by atoms with Crippen molar-refractivity contribution in [2.75, 3.05) is 0 Å². The molecule has 0 atom stereocenters. The van der Waals surface area contributed by atoms with E-state index in [0.717, 1.165) is 27.5 Å². The van der Waals surface area contributed by atoms with Gasteiger partial charge in [0.15, 0.2) is 0 Å². The van der Waals surface area contributed by atoms with Crippen LogP contribution in [0.3, 0.4) is 0 Å². The molecule has 2 rings (SSSR count). The SMILES string of the molecule is Cc1cc(-c2ccccc2Cl)cc(C(C)C)n1. The maximum absolute atomic E-state index is 6.22. The molecule has 0 amide bonds. The predicted molar refractivity (Wildman–Crippen MR) is 73.5 cm³/mol. The molecule has 0 saturated carbocycles. The molecule has 1 nitrogen and oxygen atoms in total. The second-order valence-electron chi connectivity index (χ2n) is 4.56. The van der Waals surface area contributed by atoms with E-state index in [4.69, 9.17) is 11.6 Å². The number of aromatic nitrogens is 1. The lowest BCUT2D eigenvalue weighted by atomic mass is 10.0. The number of hydrogen-bond donors (Lipinski definition) is 0. The highest BCUT2D eigenvalue weighted by atomic mass is 35.5. The van der Waals surface area contributed by atoms with Gasteiger partial charge in [-0.05, 0) is 36.6 Å². The molecule has 0 fully saturated rings. The number of hydrogen-bond acceptors (Lipinski definition) is 1. The summed E-state index contributed by atoms with van der Waals surface area (Å²) in [6.45, 7) is 6.32. The van der Waals surface area contributed by atoms with Crippen molar-refractivity contribution in [3.05, 3.63) is 52.8 Å². The van der Waals surface area contributed by atoms with Gasteiger partial charge < -0.3 is 0 Å². The van der Waals surface area contributed by atoms with Gasteiger partial charge in [-0.15, -0.1) is 0 Å². The quantitative estimate of drug-likeness (QED) is 0.738. The Morgan fingerprint density at radius 2 is 1.82 bits per heavy atom. The summed E-state index contributed by atoms with van der Waals surface area (Å²) in [5.41, 5.74) is 4.36. The normalized spacial score (nSPS) is 10.9. The monoisotopic (exact) mass is 245 g/mol. The Kier molecular flexibility index (Phi) is 3.49. The summed E-state index contributed by atoms with van der Waals surface area (Å²) in [7, 11) is 0. The standard InChI is InChI=1S/C15H16ClN/c1-10(2)15-9-12(8-11(3)17-15)13-6-4-5-7-14(13)16/h4-10H,1-3H3. The fraction of sp³-hybridized carbons (Fsp3) is 0.267. The van der Waals surface area contributed by atoms with Crippen molar-refractivity contribution in [1.29, 1.82) is 0 Å². The first-order chi connectivity index (χ1) is 8.08. The topological polar surface area (TPSA) is 12.9 Å². The van der Waals surface area contributed by atoms with Gasteiger partial charge in [0.25, 0.3) is 0 Å². The molecule has 0 aliphatic rings. The van der Waals surface area contributed by atoms with E-state index in [1.165, 1.54) is 0 Å². The molecule has 0 N–H and O–H groups in total. The van der Waals surface area contributed by atoms with Gasteiger partial charge in [0.05, 0.1) is 0 Å². The van der Waals surface area contributed by atoms with Crippen LogP contribution in [0.15, 0.2) is 36.4 Å². The average Bonchev–Trinajstić information content (AvgIpc) is 2.28. The Balaban J connectivity index is 2.56. The summed E-state index contributed by atoms with van der Waals surface area (Å²) in [6, 6.07) is 12.1. The highest BCUT2D eigenvalue weighted by Gasteiger charge is 2.07. The number of rotatable bonds is 2. The van der Waals surface area contributed by atoms with E-state index in [0.29, 0.717) is 5.92 Å². The second-order valence-corrected chi connectivity index (χ2v) is 4.96. The van der Waals surface area contributed by atoms with Gasteiger partial charge in [0, 0.05) is 22.0 Å². The minimum Gasteiger partial charge on any atom is -0.258 e. The fourth-order valence-corrected chi connectivity index (χ4v) is 2.09. The predicted octanol–water partition coefficient (Wildman–Crippen LogP) is 4.83. The lowest BCUT2D eigenvalue weighted by molar-refractivity contribution is 0.816. The first-order valence-electron chi connectivity index (χ1n) is 5.81. The molecule has 0 spiro atoms. The number of nitrogens with zero attached hydrogens (tertiary/aromatic N) is 1. The van der Waals surface area contributed by atoms with Crippen LogP contribution in [-0.2, 0) is 0 Å². The highest BCUT2D eigenvalue weighted by molar-refractivity contribution is 6.33. The molecule has 0 radical (unpaired) electrons. The van der Waals surface area contributed by atoms with Gasteiger partial charge in [0.1, 0.15) is 0 Å². The Morgan fingerprint density at radius 1 is 1.12 bits per heavy atom. The van der Waals surface area contributed by atoms with Crippen LogP contribution in [0.5, 0.6) is 0 Å². The van der Waals surface area contributed by atoms with Gasteiger partial charge in [-0.3, -0.25) is 4.98 Å². The molecule has 2 heteroatoms. The fourth-order valence-electron chi connectivity index (χ4n) is 1.84. The summed E-state index contributed by atoms with van der Waals surface area (Å²) < 4.78 is 0. The van der Waals surface area contributed by atoms with Crippen molar-refractivity contribution in [3.8, 4) is 11.1 Å². The first kappa shape index (κ1) is 12.1. The summed E-state index contributed by atoms with van der Waals surface area (Å²) in [5, 5.41) is 0.785. The van der Waals surface area contributed by atoms with Crippen LogP contribution in [0.25, 0.3) is 11.1 Å². The van der Waals surface area contributed by atoms with Crippen LogP contribution < -0.4 is 0 Å². The first-order valence-corrected chi connectivity index (χ1v) is 6.19. The average molecular weight is 246 g/mol. The van der Waals surface area contributed by atoms with E-state index in [1.54, 1.807) is 0 Å². The number of pyridine rings is 1. The van der Waals surface area contributed by atoms with Gasteiger partial charge in [-0.1, -0.05) is 43.6 Å². The Labute approximate surface area is 107 Å². The van der Waals surface area contributed by atoms with Gasteiger partial charge in [0.2, 0.25) is 0 Å². The van der Waals surface area contributed by atoms with Crippen LogP contribution in [-0.4, -0.2) is 4.98 Å². The molecular formula is C15H16ClN. The van der Waals surface area contributed by atoms with Gasteiger partial charge in [-0.2, -0.15) is 0 Å². The van der Waals surface area contributed by atoms with Crippen molar-refractivity contribution >= 4 is 11.6 Å². The minimum absolute atomic E-state index is 0.427. The molecule has 1 aromatic carbocycles. The number of benzene rings is 1.